The van der Waals surface area contributed by atoms with Gasteiger partial charge in [-0.15, -0.1) is 11.3 Å². The molecule has 6 nitrogen and oxygen atoms in total. The smallest absolute Gasteiger partial charge is 0.268 e. The monoisotopic (exact) mass is 392 g/mol. The van der Waals surface area contributed by atoms with Crippen molar-refractivity contribution in [2.24, 2.45) is 0 Å². The van der Waals surface area contributed by atoms with Crippen LogP contribution in [-0.2, 0) is 21.2 Å². The molecule has 2 aromatic rings. The number of hydrogen-bond donors (Lipinski definition) is 0. The van der Waals surface area contributed by atoms with Gasteiger partial charge in [0.15, 0.2) is 0 Å². The Morgan fingerprint density at radius 3 is 2.69 bits per heavy atom. The van der Waals surface area contributed by atoms with E-state index in [1.165, 1.54) is 21.7 Å². The van der Waals surface area contributed by atoms with Crippen molar-refractivity contribution < 1.29 is 17.9 Å². The van der Waals surface area contributed by atoms with Gasteiger partial charge in [-0.05, 0) is 30.5 Å². The number of rotatable bonds is 3. The summed E-state index contributed by atoms with van der Waals surface area (Å²) in [6, 6.07) is 9.40. The van der Waals surface area contributed by atoms with Crippen molar-refractivity contribution in [3.63, 3.8) is 0 Å². The Balaban J connectivity index is 1.60. The molecule has 26 heavy (non-hydrogen) atoms. The molecule has 1 fully saturated rings. The number of benzene rings is 1. The molecule has 0 radical (unpaired) electrons. The molecule has 0 aliphatic carbocycles. The standard InChI is InChI=1S/C18H20N2O4S2/c21-18(20-7-3-5-14-4-1-2-6-16(14)20)17-12-15(13-25-17)26(22,23)19-8-10-24-11-9-19/h1-2,4,6,12-13H,3,5,7-11H2. The molecular formula is C18H20N2O4S2. The van der Waals surface area contributed by atoms with Gasteiger partial charge in [-0.25, -0.2) is 8.42 Å². The van der Waals surface area contributed by atoms with Crippen molar-refractivity contribution in [3.8, 4) is 0 Å². The summed E-state index contributed by atoms with van der Waals surface area (Å²) in [7, 11) is -3.57. The van der Waals surface area contributed by atoms with E-state index in [9.17, 15) is 13.2 Å². The lowest BCUT2D eigenvalue weighted by atomic mass is 10.0. The highest BCUT2D eigenvalue weighted by molar-refractivity contribution is 7.89. The van der Waals surface area contributed by atoms with Crippen LogP contribution in [0.1, 0.15) is 21.7 Å². The predicted octanol–water partition coefficient (Wildman–Crippen LogP) is 2.36. The van der Waals surface area contributed by atoms with Gasteiger partial charge in [0.25, 0.3) is 5.91 Å². The number of carbonyl (C=O) groups is 1. The molecule has 2 aliphatic heterocycles. The quantitative estimate of drug-likeness (QED) is 0.804. The zero-order valence-electron chi connectivity index (χ0n) is 14.3. The number of sulfonamides is 1. The summed E-state index contributed by atoms with van der Waals surface area (Å²) in [5.74, 6) is -0.134. The molecule has 0 N–H and O–H groups in total. The number of nitrogens with zero attached hydrogens (tertiary/aromatic N) is 2. The van der Waals surface area contributed by atoms with E-state index in [0.717, 1.165) is 24.1 Å². The average molecular weight is 393 g/mol. The number of aryl methyl sites for hydroxylation is 1. The highest BCUT2D eigenvalue weighted by Crippen LogP contribution is 2.30. The first-order chi connectivity index (χ1) is 12.6. The Labute approximate surface area is 157 Å². The van der Waals surface area contributed by atoms with E-state index in [1.54, 1.807) is 10.3 Å². The molecular weight excluding hydrogens is 372 g/mol. The Morgan fingerprint density at radius 2 is 1.88 bits per heavy atom. The molecule has 8 heteroatoms. The number of thiophene rings is 1. The summed E-state index contributed by atoms with van der Waals surface area (Å²) in [6.07, 6.45) is 1.87. The van der Waals surface area contributed by atoms with E-state index in [4.69, 9.17) is 4.74 Å². The van der Waals surface area contributed by atoms with Gasteiger partial charge >= 0.3 is 0 Å². The van der Waals surface area contributed by atoms with Crippen molar-refractivity contribution >= 4 is 33.0 Å². The van der Waals surface area contributed by atoms with E-state index in [2.05, 4.69) is 0 Å². The fraction of sp³-hybridized carbons (Fsp3) is 0.389. The maximum Gasteiger partial charge on any atom is 0.268 e. The minimum Gasteiger partial charge on any atom is -0.379 e. The summed E-state index contributed by atoms with van der Waals surface area (Å²) in [4.78, 5) is 15.4. The summed E-state index contributed by atoms with van der Waals surface area (Å²) in [5.41, 5.74) is 2.08. The summed E-state index contributed by atoms with van der Waals surface area (Å²) < 4.78 is 32.1. The number of anilines is 1. The number of fused-ring (bicyclic) bond motifs is 1. The highest BCUT2D eigenvalue weighted by atomic mass is 32.2. The van der Waals surface area contributed by atoms with Crippen LogP contribution in [-0.4, -0.2) is 51.5 Å². The van der Waals surface area contributed by atoms with Gasteiger partial charge < -0.3 is 9.64 Å². The molecule has 1 aromatic carbocycles. The first kappa shape index (κ1) is 17.7. The lowest BCUT2D eigenvalue weighted by Gasteiger charge is -2.29. The van der Waals surface area contributed by atoms with Crippen LogP contribution < -0.4 is 4.90 Å². The fourth-order valence-corrected chi connectivity index (χ4v) is 6.00. The summed E-state index contributed by atoms with van der Waals surface area (Å²) >= 11 is 1.19. The highest BCUT2D eigenvalue weighted by Gasteiger charge is 2.30. The van der Waals surface area contributed by atoms with E-state index >= 15 is 0 Å². The topological polar surface area (TPSA) is 66.9 Å². The molecule has 1 amide bonds. The van der Waals surface area contributed by atoms with Crippen molar-refractivity contribution in [1.29, 1.82) is 0 Å². The lowest BCUT2D eigenvalue weighted by molar-refractivity contribution is 0.0730. The SMILES string of the molecule is O=C(c1cc(S(=O)(=O)N2CCOCC2)cs1)N1CCCc2ccccc21. The molecule has 3 heterocycles. The number of carbonyl (C=O) groups excluding carboxylic acids is 1. The molecule has 1 saturated heterocycles. The maximum atomic E-state index is 13.0. The van der Waals surface area contributed by atoms with Gasteiger partial charge in [-0.3, -0.25) is 4.79 Å². The minimum atomic E-state index is -3.57. The summed E-state index contributed by atoms with van der Waals surface area (Å²) in [6.45, 7) is 2.15. The average Bonchev–Trinajstić information content (AvgIpc) is 3.19. The van der Waals surface area contributed by atoms with Gasteiger partial charge in [0, 0.05) is 30.7 Å². The minimum absolute atomic E-state index is 0.134. The van der Waals surface area contributed by atoms with E-state index in [1.807, 2.05) is 24.3 Å². The van der Waals surface area contributed by atoms with Gasteiger partial charge in [0.1, 0.15) is 0 Å². The van der Waals surface area contributed by atoms with Gasteiger partial charge in [0.05, 0.1) is 23.0 Å². The van der Waals surface area contributed by atoms with Crippen LogP contribution in [0.25, 0.3) is 0 Å². The normalized spacial score (nSPS) is 18.5. The zero-order valence-corrected chi connectivity index (χ0v) is 15.9. The second kappa shape index (κ2) is 7.11. The molecule has 1 aromatic heterocycles. The number of amides is 1. The Morgan fingerprint density at radius 1 is 1.12 bits per heavy atom. The molecule has 4 rings (SSSR count). The van der Waals surface area contributed by atoms with Crippen LogP contribution >= 0.6 is 11.3 Å². The third kappa shape index (κ3) is 3.18. The van der Waals surface area contributed by atoms with Crippen LogP contribution in [0.4, 0.5) is 5.69 Å². The maximum absolute atomic E-state index is 13.0. The number of ether oxygens (including phenoxy) is 1. The Bertz CT molecular complexity index is 917. The van der Waals surface area contributed by atoms with Gasteiger partial charge in [0.2, 0.25) is 10.0 Å². The van der Waals surface area contributed by atoms with Crippen LogP contribution in [0, 0.1) is 0 Å². The molecule has 0 saturated carbocycles. The Kier molecular flexibility index (Phi) is 4.83. The third-order valence-corrected chi connectivity index (χ3v) is 7.69. The summed E-state index contributed by atoms with van der Waals surface area (Å²) in [5, 5.41) is 1.56. The molecule has 0 atom stereocenters. The van der Waals surface area contributed by atoms with Crippen LogP contribution in [0.3, 0.4) is 0 Å². The second-order valence-electron chi connectivity index (χ2n) is 6.35. The molecule has 138 valence electrons. The van der Waals surface area contributed by atoms with Gasteiger partial charge in [-0.2, -0.15) is 4.31 Å². The number of morpholine rings is 1. The van der Waals surface area contributed by atoms with Crippen molar-refractivity contribution in [2.45, 2.75) is 17.7 Å². The van der Waals surface area contributed by atoms with Crippen molar-refractivity contribution in [1.82, 2.24) is 4.31 Å². The number of hydrogen-bond acceptors (Lipinski definition) is 5. The van der Waals surface area contributed by atoms with Crippen LogP contribution in [0.5, 0.6) is 0 Å². The lowest BCUT2D eigenvalue weighted by Crippen LogP contribution is -2.40. The third-order valence-electron chi connectivity index (χ3n) is 4.75. The fourth-order valence-electron chi connectivity index (χ4n) is 3.38. The van der Waals surface area contributed by atoms with E-state index in [-0.39, 0.29) is 10.8 Å². The largest absolute Gasteiger partial charge is 0.379 e. The van der Waals surface area contributed by atoms with Crippen LogP contribution in [0.2, 0.25) is 0 Å². The molecule has 0 bridgehead atoms. The second-order valence-corrected chi connectivity index (χ2v) is 9.20. The van der Waals surface area contributed by atoms with Crippen molar-refractivity contribution in [3.05, 3.63) is 46.2 Å². The molecule has 2 aliphatic rings. The first-order valence-electron chi connectivity index (χ1n) is 8.63. The predicted molar refractivity (Wildman–Crippen MR) is 100 cm³/mol. The number of para-hydroxylation sites is 1. The van der Waals surface area contributed by atoms with Crippen LogP contribution in [0.15, 0.2) is 40.6 Å². The molecule has 0 unspecified atom stereocenters. The zero-order chi connectivity index (χ0) is 18.1. The van der Waals surface area contributed by atoms with Gasteiger partial charge in [-0.1, -0.05) is 18.2 Å². The van der Waals surface area contributed by atoms with E-state index < -0.39 is 10.0 Å². The Hall–Kier alpha value is -1.74. The van der Waals surface area contributed by atoms with Crippen molar-refractivity contribution in [2.75, 3.05) is 37.7 Å². The molecule has 0 spiro atoms. The first-order valence-corrected chi connectivity index (χ1v) is 11.0. The van der Waals surface area contributed by atoms with E-state index in [0.29, 0.717) is 37.7 Å².